The van der Waals surface area contributed by atoms with Crippen LogP contribution in [0.3, 0.4) is 0 Å². The molecule has 1 heterocycles. The van der Waals surface area contributed by atoms with Gasteiger partial charge in [0.2, 0.25) is 0 Å². The first-order valence-electron chi connectivity index (χ1n) is 6.49. The van der Waals surface area contributed by atoms with Crippen molar-refractivity contribution in [1.82, 2.24) is 9.88 Å². The summed E-state index contributed by atoms with van der Waals surface area (Å²) in [5, 5.41) is 0. The lowest BCUT2D eigenvalue weighted by Crippen LogP contribution is -2.29. The average molecular weight is 272 g/mol. The van der Waals surface area contributed by atoms with Gasteiger partial charge in [-0.1, -0.05) is 12.1 Å². The van der Waals surface area contributed by atoms with Crippen LogP contribution >= 0.6 is 0 Å². The van der Waals surface area contributed by atoms with E-state index in [1.165, 1.54) is 17.0 Å². The molecule has 1 aromatic heterocycles. The number of halogens is 1. The number of benzene rings is 1. The molecule has 104 valence electrons. The van der Waals surface area contributed by atoms with Crippen LogP contribution in [0.15, 0.2) is 42.6 Å². The molecule has 4 heteroatoms. The minimum atomic E-state index is -0.473. The summed E-state index contributed by atoms with van der Waals surface area (Å²) in [5.74, 6) is -0.780. The van der Waals surface area contributed by atoms with E-state index in [2.05, 4.69) is 4.98 Å². The Hall–Kier alpha value is -2.23. The zero-order chi connectivity index (χ0) is 14.5. The van der Waals surface area contributed by atoms with Gasteiger partial charge in [-0.05, 0) is 36.8 Å². The molecule has 0 aliphatic rings. The molecule has 0 bridgehead atoms. The smallest absolute Gasteiger partial charge is 0.256 e. The second-order valence-electron chi connectivity index (χ2n) is 4.78. The molecule has 2 aromatic rings. The Balaban J connectivity index is 2.01. The maximum atomic E-state index is 13.8. The van der Waals surface area contributed by atoms with Gasteiger partial charge in [0.1, 0.15) is 5.82 Å². The number of amides is 1. The van der Waals surface area contributed by atoms with Crippen molar-refractivity contribution in [3.8, 4) is 0 Å². The maximum Gasteiger partial charge on any atom is 0.256 e. The lowest BCUT2D eigenvalue weighted by atomic mass is 10.1. The van der Waals surface area contributed by atoms with Crippen LogP contribution in [0.5, 0.6) is 0 Å². The molecule has 0 unspecified atom stereocenters. The van der Waals surface area contributed by atoms with Crippen molar-refractivity contribution in [2.45, 2.75) is 13.3 Å². The van der Waals surface area contributed by atoms with Crippen LogP contribution in [0.25, 0.3) is 0 Å². The van der Waals surface area contributed by atoms with Crippen LogP contribution in [0.4, 0.5) is 4.39 Å². The number of carbonyl (C=O) groups is 1. The van der Waals surface area contributed by atoms with Gasteiger partial charge in [0, 0.05) is 31.9 Å². The van der Waals surface area contributed by atoms with E-state index < -0.39 is 5.82 Å². The summed E-state index contributed by atoms with van der Waals surface area (Å²) in [7, 11) is 1.67. The summed E-state index contributed by atoms with van der Waals surface area (Å²) in [5.41, 5.74) is 1.82. The number of carbonyl (C=O) groups excluding carboxylic acids is 1. The number of hydrogen-bond donors (Lipinski definition) is 0. The van der Waals surface area contributed by atoms with E-state index >= 15 is 0 Å². The minimum absolute atomic E-state index is 0.110. The average Bonchev–Trinajstić information content (AvgIpc) is 2.45. The fourth-order valence-corrected chi connectivity index (χ4v) is 1.93. The summed E-state index contributed by atoms with van der Waals surface area (Å²) in [6.07, 6.45) is 2.37. The number of nitrogens with zero attached hydrogens (tertiary/aromatic N) is 2. The van der Waals surface area contributed by atoms with E-state index in [-0.39, 0.29) is 11.5 Å². The highest BCUT2D eigenvalue weighted by Crippen LogP contribution is 2.12. The van der Waals surface area contributed by atoms with Gasteiger partial charge in [-0.2, -0.15) is 0 Å². The van der Waals surface area contributed by atoms with Crippen LogP contribution in [-0.2, 0) is 6.42 Å². The topological polar surface area (TPSA) is 33.2 Å². The molecule has 0 aliphatic carbocycles. The van der Waals surface area contributed by atoms with Gasteiger partial charge in [0.15, 0.2) is 0 Å². The summed E-state index contributed by atoms with van der Waals surface area (Å²) in [6, 6.07) is 10.3. The molecular formula is C16H17FN2O. The molecule has 20 heavy (non-hydrogen) atoms. The van der Waals surface area contributed by atoms with Crippen molar-refractivity contribution in [3.05, 3.63) is 65.2 Å². The third-order valence-electron chi connectivity index (χ3n) is 3.13. The quantitative estimate of drug-likeness (QED) is 0.857. The molecule has 1 aromatic carbocycles. The molecule has 2 rings (SSSR count). The monoisotopic (exact) mass is 272 g/mol. The molecular weight excluding hydrogens is 255 g/mol. The van der Waals surface area contributed by atoms with Crippen molar-refractivity contribution in [2.75, 3.05) is 13.6 Å². The number of rotatable bonds is 4. The van der Waals surface area contributed by atoms with Gasteiger partial charge in [-0.3, -0.25) is 9.78 Å². The van der Waals surface area contributed by atoms with Gasteiger partial charge >= 0.3 is 0 Å². The van der Waals surface area contributed by atoms with Crippen LogP contribution in [0, 0.1) is 12.7 Å². The van der Waals surface area contributed by atoms with Gasteiger partial charge in [-0.25, -0.2) is 4.39 Å². The molecule has 3 nitrogen and oxygen atoms in total. The predicted molar refractivity (Wildman–Crippen MR) is 76.0 cm³/mol. The highest BCUT2D eigenvalue weighted by molar-refractivity contribution is 5.94. The lowest BCUT2D eigenvalue weighted by Gasteiger charge is -2.17. The van der Waals surface area contributed by atoms with E-state index in [0.717, 1.165) is 11.3 Å². The number of aryl methyl sites for hydroxylation is 1. The first kappa shape index (κ1) is 14.2. The molecule has 0 aliphatic heterocycles. The zero-order valence-corrected chi connectivity index (χ0v) is 11.6. The molecule has 0 radical (unpaired) electrons. The Morgan fingerprint density at radius 3 is 2.75 bits per heavy atom. The van der Waals surface area contributed by atoms with E-state index in [1.54, 1.807) is 26.2 Å². The standard InChI is InChI=1S/C16H17FN2O/c1-12-6-7-14(15(17)11-12)16(20)19(2)10-8-13-5-3-4-9-18-13/h3-7,9,11H,8,10H2,1-2H3. The van der Waals surface area contributed by atoms with Crippen LogP contribution in [0.2, 0.25) is 0 Å². The second-order valence-corrected chi connectivity index (χ2v) is 4.78. The summed E-state index contributed by atoms with van der Waals surface area (Å²) in [6.45, 7) is 2.30. The van der Waals surface area contributed by atoms with Crippen LogP contribution in [-0.4, -0.2) is 29.4 Å². The number of hydrogen-bond acceptors (Lipinski definition) is 2. The molecule has 0 saturated carbocycles. The maximum absolute atomic E-state index is 13.8. The van der Waals surface area contributed by atoms with Crippen molar-refractivity contribution in [1.29, 1.82) is 0 Å². The Labute approximate surface area is 118 Å². The van der Waals surface area contributed by atoms with Crippen molar-refractivity contribution in [2.24, 2.45) is 0 Å². The van der Waals surface area contributed by atoms with Crippen LogP contribution in [0.1, 0.15) is 21.6 Å². The summed E-state index contributed by atoms with van der Waals surface area (Å²) in [4.78, 5) is 17.9. The molecule has 0 saturated heterocycles. The van der Waals surface area contributed by atoms with E-state index in [0.29, 0.717) is 13.0 Å². The molecule has 0 spiro atoms. The summed E-state index contributed by atoms with van der Waals surface area (Å²) < 4.78 is 13.8. The predicted octanol–water partition coefficient (Wildman–Crippen LogP) is 2.84. The van der Waals surface area contributed by atoms with E-state index in [9.17, 15) is 9.18 Å². The number of pyridine rings is 1. The fourth-order valence-electron chi connectivity index (χ4n) is 1.93. The summed E-state index contributed by atoms with van der Waals surface area (Å²) >= 11 is 0. The largest absolute Gasteiger partial charge is 0.341 e. The molecule has 0 N–H and O–H groups in total. The van der Waals surface area contributed by atoms with E-state index in [1.807, 2.05) is 18.2 Å². The lowest BCUT2D eigenvalue weighted by molar-refractivity contribution is 0.0791. The van der Waals surface area contributed by atoms with Crippen molar-refractivity contribution < 1.29 is 9.18 Å². The fraction of sp³-hybridized carbons (Fsp3) is 0.250. The first-order chi connectivity index (χ1) is 9.58. The second kappa shape index (κ2) is 6.28. The third-order valence-corrected chi connectivity index (χ3v) is 3.13. The number of likely N-dealkylation sites (N-methyl/N-ethyl adjacent to an activating group) is 1. The Morgan fingerprint density at radius 2 is 2.10 bits per heavy atom. The van der Waals surface area contributed by atoms with Gasteiger partial charge in [0.25, 0.3) is 5.91 Å². The normalized spacial score (nSPS) is 10.3. The number of aromatic nitrogens is 1. The Morgan fingerprint density at radius 1 is 1.30 bits per heavy atom. The van der Waals surface area contributed by atoms with Gasteiger partial charge in [-0.15, -0.1) is 0 Å². The van der Waals surface area contributed by atoms with Gasteiger partial charge < -0.3 is 4.90 Å². The highest BCUT2D eigenvalue weighted by Gasteiger charge is 2.16. The Kier molecular flexibility index (Phi) is 4.45. The van der Waals surface area contributed by atoms with Gasteiger partial charge in [0.05, 0.1) is 5.56 Å². The Bertz CT molecular complexity index is 599. The van der Waals surface area contributed by atoms with Crippen molar-refractivity contribution >= 4 is 5.91 Å². The van der Waals surface area contributed by atoms with Crippen LogP contribution < -0.4 is 0 Å². The SMILES string of the molecule is Cc1ccc(C(=O)N(C)CCc2ccccn2)c(F)c1. The molecule has 0 fully saturated rings. The molecule has 1 amide bonds. The third kappa shape index (κ3) is 3.41. The highest BCUT2D eigenvalue weighted by atomic mass is 19.1. The zero-order valence-electron chi connectivity index (χ0n) is 11.6. The molecule has 0 atom stereocenters. The first-order valence-corrected chi connectivity index (χ1v) is 6.49. The van der Waals surface area contributed by atoms with E-state index in [4.69, 9.17) is 0 Å². The van der Waals surface area contributed by atoms with Crippen molar-refractivity contribution in [3.63, 3.8) is 0 Å². The minimum Gasteiger partial charge on any atom is -0.341 e.